The molecule has 0 unspecified atom stereocenters. The minimum atomic E-state index is -0.521. The number of hydrogen-bond acceptors (Lipinski definition) is 3. The van der Waals surface area contributed by atoms with Gasteiger partial charge in [-0.15, -0.1) is 0 Å². The van der Waals surface area contributed by atoms with E-state index >= 15 is 0 Å². The van der Waals surface area contributed by atoms with Crippen LogP contribution >= 0.6 is 11.6 Å². The van der Waals surface area contributed by atoms with Gasteiger partial charge in [-0.25, -0.2) is 0 Å². The molecule has 0 radical (unpaired) electrons. The van der Waals surface area contributed by atoms with Gasteiger partial charge in [-0.3, -0.25) is 4.79 Å². The van der Waals surface area contributed by atoms with Crippen LogP contribution in [0.1, 0.15) is 5.56 Å². The van der Waals surface area contributed by atoms with E-state index < -0.39 is 5.41 Å². The van der Waals surface area contributed by atoms with Gasteiger partial charge in [-0.1, -0.05) is 23.7 Å². The summed E-state index contributed by atoms with van der Waals surface area (Å²) < 4.78 is 5.06. The van der Waals surface area contributed by atoms with Crippen LogP contribution in [0.4, 0.5) is 0 Å². The number of nitrogens with two attached hydrogens (primary N) is 1. The second-order valence-corrected chi connectivity index (χ2v) is 4.72. The summed E-state index contributed by atoms with van der Waals surface area (Å²) in [5, 5.41) is 3.56. The van der Waals surface area contributed by atoms with Crippen molar-refractivity contribution in [2.75, 3.05) is 19.8 Å². The van der Waals surface area contributed by atoms with Crippen LogP contribution in [0, 0.1) is 5.41 Å². The Kier molecular flexibility index (Phi) is 3.66. The van der Waals surface area contributed by atoms with Crippen molar-refractivity contribution in [2.24, 2.45) is 11.1 Å². The predicted molar refractivity (Wildman–Crippen MR) is 65.6 cm³/mol. The fourth-order valence-corrected chi connectivity index (χ4v) is 1.79. The van der Waals surface area contributed by atoms with Gasteiger partial charge in [0.15, 0.2) is 0 Å². The molecule has 1 aliphatic rings. The number of carbonyl (C=O) groups excluding carboxylic acids is 1. The Hall–Kier alpha value is -1.10. The lowest BCUT2D eigenvalue weighted by Crippen LogP contribution is -2.58. The Bertz CT molecular complexity index is 396. The summed E-state index contributed by atoms with van der Waals surface area (Å²) >= 11 is 5.78. The topological polar surface area (TPSA) is 64.4 Å². The Morgan fingerprint density at radius 3 is 2.53 bits per heavy atom. The van der Waals surface area contributed by atoms with Crippen molar-refractivity contribution < 1.29 is 9.53 Å². The molecule has 17 heavy (non-hydrogen) atoms. The minimum Gasteiger partial charge on any atom is -0.379 e. The molecule has 92 valence electrons. The monoisotopic (exact) mass is 254 g/mol. The van der Waals surface area contributed by atoms with Crippen molar-refractivity contribution in [3.63, 3.8) is 0 Å². The van der Waals surface area contributed by atoms with E-state index in [9.17, 15) is 4.79 Å². The first kappa shape index (κ1) is 12.4. The van der Waals surface area contributed by atoms with Crippen LogP contribution in [0.3, 0.4) is 0 Å². The maximum atomic E-state index is 11.9. The molecule has 0 aliphatic carbocycles. The highest BCUT2D eigenvalue weighted by molar-refractivity contribution is 6.30. The summed E-state index contributed by atoms with van der Waals surface area (Å²) in [5.74, 6) is -0.0406. The van der Waals surface area contributed by atoms with E-state index in [4.69, 9.17) is 22.1 Å². The Morgan fingerprint density at radius 1 is 1.41 bits per heavy atom. The summed E-state index contributed by atoms with van der Waals surface area (Å²) in [6.07, 6.45) is 0. The van der Waals surface area contributed by atoms with Gasteiger partial charge in [-0.2, -0.15) is 0 Å². The van der Waals surface area contributed by atoms with E-state index in [0.717, 1.165) is 5.56 Å². The molecule has 0 saturated carbocycles. The molecule has 1 aromatic rings. The molecule has 0 aromatic heterocycles. The van der Waals surface area contributed by atoms with Gasteiger partial charge < -0.3 is 15.8 Å². The van der Waals surface area contributed by atoms with E-state index in [1.165, 1.54) is 0 Å². The number of carbonyl (C=O) groups is 1. The number of rotatable bonds is 4. The third-order valence-electron chi connectivity index (χ3n) is 3.00. The first-order chi connectivity index (χ1) is 8.16. The molecule has 1 saturated heterocycles. The first-order valence-electron chi connectivity index (χ1n) is 5.47. The zero-order valence-electron chi connectivity index (χ0n) is 9.41. The second kappa shape index (κ2) is 5.04. The smallest absolute Gasteiger partial charge is 0.232 e. The van der Waals surface area contributed by atoms with Crippen LogP contribution in [0.2, 0.25) is 5.02 Å². The van der Waals surface area contributed by atoms with Gasteiger partial charge in [0.1, 0.15) is 5.41 Å². The number of hydrogen-bond donors (Lipinski definition) is 2. The summed E-state index contributed by atoms with van der Waals surface area (Å²) in [5.41, 5.74) is 6.09. The lowest BCUT2D eigenvalue weighted by atomic mass is 9.85. The Balaban J connectivity index is 1.90. The Morgan fingerprint density at radius 2 is 2.06 bits per heavy atom. The van der Waals surface area contributed by atoms with Crippen molar-refractivity contribution in [3.8, 4) is 0 Å². The molecule has 1 heterocycles. The van der Waals surface area contributed by atoms with E-state index in [1.54, 1.807) is 12.1 Å². The normalized spacial score (nSPS) is 17.3. The molecule has 5 heteroatoms. The lowest BCUT2D eigenvalue weighted by molar-refractivity contribution is -0.159. The highest BCUT2D eigenvalue weighted by Crippen LogP contribution is 2.26. The highest BCUT2D eigenvalue weighted by Gasteiger charge is 2.44. The third-order valence-corrected chi connectivity index (χ3v) is 3.25. The maximum Gasteiger partial charge on any atom is 0.232 e. The number of amides is 1. The van der Waals surface area contributed by atoms with Crippen molar-refractivity contribution in [2.45, 2.75) is 6.54 Å². The highest BCUT2D eigenvalue weighted by atomic mass is 35.5. The predicted octanol–water partition coefficient (Wildman–Crippen LogP) is 0.931. The van der Waals surface area contributed by atoms with Gasteiger partial charge in [0.2, 0.25) is 5.91 Å². The SMILES string of the molecule is NCC1(C(=O)NCc2ccc(Cl)cc2)COC1. The number of nitrogens with one attached hydrogen (secondary N) is 1. The molecular formula is C12H15ClN2O2. The molecular weight excluding hydrogens is 240 g/mol. The zero-order valence-corrected chi connectivity index (χ0v) is 10.2. The third kappa shape index (κ3) is 2.60. The van der Waals surface area contributed by atoms with Crippen molar-refractivity contribution in [1.82, 2.24) is 5.32 Å². The first-order valence-corrected chi connectivity index (χ1v) is 5.85. The quantitative estimate of drug-likeness (QED) is 0.840. The van der Waals surface area contributed by atoms with Crippen LogP contribution < -0.4 is 11.1 Å². The van der Waals surface area contributed by atoms with Crippen molar-refractivity contribution in [1.29, 1.82) is 0 Å². The van der Waals surface area contributed by atoms with E-state index in [1.807, 2.05) is 12.1 Å². The molecule has 0 spiro atoms. The van der Waals surface area contributed by atoms with Crippen LogP contribution in [-0.4, -0.2) is 25.7 Å². The fourth-order valence-electron chi connectivity index (χ4n) is 1.66. The molecule has 4 nitrogen and oxygen atoms in total. The number of ether oxygens (including phenoxy) is 1. The summed E-state index contributed by atoms with van der Waals surface area (Å²) in [6.45, 7) is 1.63. The van der Waals surface area contributed by atoms with Gasteiger partial charge >= 0.3 is 0 Å². The van der Waals surface area contributed by atoms with E-state index in [-0.39, 0.29) is 5.91 Å². The van der Waals surface area contributed by atoms with E-state index in [0.29, 0.717) is 31.3 Å². The maximum absolute atomic E-state index is 11.9. The summed E-state index contributed by atoms with van der Waals surface area (Å²) in [4.78, 5) is 11.9. The second-order valence-electron chi connectivity index (χ2n) is 4.29. The number of halogens is 1. The van der Waals surface area contributed by atoms with Crippen LogP contribution in [0.15, 0.2) is 24.3 Å². The number of benzene rings is 1. The van der Waals surface area contributed by atoms with Gasteiger partial charge in [0, 0.05) is 18.1 Å². The Labute approximate surface area is 105 Å². The molecule has 0 bridgehead atoms. The molecule has 1 aromatic carbocycles. The van der Waals surface area contributed by atoms with Gasteiger partial charge in [0.25, 0.3) is 0 Å². The summed E-state index contributed by atoms with van der Waals surface area (Å²) in [7, 11) is 0. The van der Waals surface area contributed by atoms with E-state index in [2.05, 4.69) is 5.32 Å². The molecule has 1 aliphatic heterocycles. The van der Waals surface area contributed by atoms with Crippen molar-refractivity contribution >= 4 is 17.5 Å². The molecule has 1 amide bonds. The molecule has 0 atom stereocenters. The van der Waals surface area contributed by atoms with Gasteiger partial charge in [0.05, 0.1) is 13.2 Å². The zero-order chi connectivity index (χ0) is 12.3. The lowest BCUT2D eigenvalue weighted by Gasteiger charge is -2.38. The van der Waals surface area contributed by atoms with Gasteiger partial charge in [-0.05, 0) is 17.7 Å². The molecule has 3 N–H and O–H groups in total. The average Bonchev–Trinajstić information content (AvgIpc) is 2.27. The van der Waals surface area contributed by atoms with Crippen LogP contribution in [-0.2, 0) is 16.1 Å². The minimum absolute atomic E-state index is 0.0406. The standard InChI is InChI=1S/C12H15ClN2O2/c13-10-3-1-9(2-4-10)5-15-11(16)12(6-14)7-17-8-12/h1-4H,5-8,14H2,(H,15,16). The molecule has 2 rings (SSSR count). The average molecular weight is 255 g/mol. The largest absolute Gasteiger partial charge is 0.379 e. The fraction of sp³-hybridized carbons (Fsp3) is 0.417. The molecule has 1 fully saturated rings. The van der Waals surface area contributed by atoms with Crippen molar-refractivity contribution in [3.05, 3.63) is 34.9 Å². The summed E-state index contributed by atoms with van der Waals surface area (Å²) in [6, 6.07) is 7.37. The van der Waals surface area contributed by atoms with Crippen LogP contribution in [0.25, 0.3) is 0 Å². The van der Waals surface area contributed by atoms with Crippen LogP contribution in [0.5, 0.6) is 0 Å².